The summed E-state index contributed by atoms with van der Waals surface area (Å²) in [5.74, 6) is -4.98. The van der Waals surface area contributed by atoms with Gasteiger partial charge in [0.25, 0.3) is 0 Å². The highest BCUT2D eigenvalue weighted by atomic mass is 31.2. The van der Waals surface area contributed by atoms with Gasteiger partial charge in [0.05, 0.1) is 45.0 Å². The molecule has 0 radical (unpaired) electrons. The standard InChI is InChI=1S/C110H207N2O23P/c1-8-15-22-29-36-43-45-46-48-55-62-68-75-81-98(117)128-91(78-71-64-57-50-39-32-25-18-11-4)85-96(115)111-103-107(133-101(120)84-90(114)77-70-63-56-49-38-31-24-17-10-3)105(122)95(131-109(103)123)89-127-110-104(112-97(116)86-92(79-72-65-58-51-40-33-26-19-12-5)129-99(118)82-74-67-60-53-42-35-28-21-14-7)108(106(94(88-113)132-110)135-136(124,125)126)134-102(121)87-93(80-73-66-59-52-41-34-27-20-13-6)130-100(119)83-76-69-61-54-47-44-37-30-23-16-9-2/h90-95,103-110,113-114,122-123H,8-89H2,1-7H3,(H,111,115)(H,112,116)(H2,124,125,126)/t90-,91-,92-,93-,94+,95+,103+,104+,105+,106+,107+,108+,109-,110+/m0/s1. The number of phosphoric acid groups is 1. The van der Waals surface area contributed by atoms with E-state index in [-0.39, 0.29) is 38.5 Å². The Hall–Kier alpha value is -3.88. The summed E-state index contributed by atoms with van der Waals surface area (Å²) >= 11 is 0. The van der Waals surface area contributed by atoms with E-state index in [0.717, 1.165) is 257 Å². The highest BCUT2D eigenvalue weighted by Gasteiger charge is 2.54. The van der Waals surface area contributed by atoms with E-state index in [9.17, 15) is 58.8 Å². The first-order chi connectivity index (χ1) is 66.1. The van der Waals surface area contributed by atoms with Crippen LogP contribution in [0.3, 0.4) is 0 Å². The number of nitrogens with one attached hydrogen (secondary N) is 2. The molecule has 2 saturated heterocycles. The summed E-state index contributed by atoms with van der Waals surface area (Å²) in [6.07, 6.45) is 52.7. The summed E-state index contributed by atoms with van der Waals surface area (Å²) in [7, 11) is -5.65. The van der Waals surface area contributed by atoms with E-state index >= 15 is 9.59 Å². The minimum atomic E-state index is -5.65. The number of aliphatic hydroxyl groups is 4. The molecule has 2 aliphatic rings. The third-order valence-electron chi connectivity index (χ3n) is 27.4. The Morgan fingerprint density at radius 3 is 0.875 bits per heavy atom. The minimum absolute atomic E-state index is 0.105. The molecule has 25 nitrogen and oxygen atoms in total. The lowest BCUT2D eigenvalue weighted by Crippen LogP contribution is -2.68. The number of rotatable bonds is 97. The Morgan fingerprint density at radius 2 is 0.574 bits per heavy atom. The number of ether oxygens (including phenoxy) is 8. The van der Waals surface area contributed by atoms with Crippen LogP contribution in [-0.2, 0) is 80.5 Å². The summed E-state index contributed by atoms with van der Waals surface area (Å²) in [6.45, 7) is 13.5. The predicted octanol–water partition coefficient (Wildman–Crippen LogP) is 26.5. The second-order valence-corrected chi connectivity index (χ2v) is 41.6. The Bertz CT molecular complexity index is 2890. The monoisotopic (exact) mass is 1960 g/mol. The van der Waals surface area contributed by atoms with Gasteiger partial charge in [-0.2, -0.15) is 0 Å². The number of esters is 5. The van der Waals surface area contributed by atoms with Crippen molar-refractivity contribution < 1.29 is 111 Å². The topological polar surface area (TPSA) is 365 Å². The van der Waals surface area contributed by atoms with E-state index < -0.39 is 168 Å². The number of amides is 2. The zero-order valence-electron chi connectivity index (χ0n) is 87.6. The van der Waals surface area contributed by atoms with Crippen molar-refractivity contribution >= 4 is 49.5 Å². The van der Waals surface area contributed by atoms with Crippen LogP contribution in [0.2, 0.25) is 0 Å². The number of phosphoric ester groups is 1. The Labute approximate surface area is 827 Å². The first kappa shape index (κ1) is 128. The van der Waals surface area contributed by atoms with Crippen LogP contribution < -0.4 is 10.6 Å². The van der Waals surface area contributed by atoms with Crippen molar-refractivity contribution in [2.75, 3.05) is 13.2 Å². The van der Waals surface area contributed by atoms with Crippen LogP contribution in [0.1, 0.15) is 562 Å². The predicted molar refractivity (Wildman–Crippen MR) is 544 cm³/mol. The van der Waals surface area contributed by atoms with Gasteiger partial charge in [0.1, 0.15) is 54.8 Å². The summed E-state index contributed by atoms with van der Waals surface area (Å²) in [5, 5.41) is 53.3. The Balaban J connectivity index is 2.82. The first-order valence-electron chi connectivity index (χ1n) is 56.9. The van der Waals surface area contributed by atoms with Gasteiger partial charge in [-0.3, -0.25) is 38.1 Å². The Kier molecular flexibility index (Phi) is 83.7. The molecule has 800 valence electrons. The minimum Gasteiger partial charge on any atom is -0.462 e. The van der Waals surface area contributed by atoms with Crippen LogP contribution in [0.5, 0.6) is 0 Å². The Morgan fingerprint density at radius 1 is 0.309 bits per heavy atom. The lowest BCUT2D eigenvalue weighted by atomic mass is 9.95. The van der Waals surface area contributed by atoms with E-state index in [1.807, 2.05) is 0 Å². The van der Waals surface area contributed by atoms with Crippen molar-refractivity contribution in [1.82, 2.24) is 10.6 Å². The van der Waals surface area contributed by atoms with E-state index in [1.54, 1.807) is 0 Å². The molecule has 8 N–H and O–H groups in total. The van der Waals surface area contributed by atoms with E-state index in [2.05, 4.69) is 59.1 Å². The van der Waals surface area contributed by atoms with Crippen molar-refractivity contribution in [1.29, 1.82) is 0 Å². The number of unbranched alkanes of at least 4 members (excludes halogenated alkanes) is 62. The van der Waals surface area contributed by atoms with Gasteiger partial charge >= 0.3 is 37.7 Å². The lowest BCUT2D eigenvalue weighted by Gasteiger charge is -2.46. The number of carbonyl (C=O) groups excluding carboxylic acids is 7. The van der Waals surface area contributed by atoms with Crippen LogP contribution in [-0.4, -0.2) is 171 Å². The molecule has 0 aromatic rings. The van der Waals surface area contributed by atoms with Gasteiger partial charge in [0.2, 0.25) is 11.8 Å². The first-order valence-corrected chi connectivity index (χ1v) is 58.5. The fraction of sp³-hybridized carbons (Fsp3) is 0.936. The number of hydrogen-bond donors (Lipinski definition) is 8. The van der Waals surface area contributed by atoms with Crippen molar-refractivity contribution in [2.45, 2.75) is 648 Å². The molecule has 0 aromatic heterocycles. The maximum atomic E-state index is 15.3. The molecule has 2 heterocycles. The number of hydrogen-bond acceptors (Lipinski definition) is 21. The summed E-state index contributed by atoms with van der Waals surface area (Å²) in [4.78, 5) is 123. The molecule has 2 amide bonds. The molecule has 2 fully saturated rings. The third-order valence-corrected chi connectivity index (χ3v) is 27.9. The molecule has 0 aliphatic carbocycles. The second-order valence-electron chi connectivity index (χ2n) is 40.4. The molecule has 0 spiro atoms. The van der Waals surface area contributed by atoms with E-state index in [4.69, 9.17) is 42.4 Å². The molecule has 2 rings (SSSR count). The summed E-state index contributed by atoms with van der Waals surface area (Å²) in [5.41, 5.74) is 0. The van der Waals surface area contributed by atoms with Crippen molar-refractivity contribution in [3.05, 3.63) is 0 Å². The van der Waals surface area contributed by atoms with Crippen molar-refractivity contribution in [3.8, 4) is 0 Å². The number of carbonyl (C=O) groups is 7. The molecule has 14 atom stereocenters. The average molecular weight is 1960 g/mol. The molecular weight excluding hydrogens is 1750 g/mol. The highest BCUT2D eigenvalue weighted by molar-refractivity contribution is 7.46. The SMILES string of the molecule is CCCCCCCCCCCCCCCC(=O)O[C@@H](CCCCCCCCCCC)CC(=O)N[C@@H]1[C@@H](OC(=O)C[C@@H](O)CCCCCCCCCCC)[C@H](O)[C@@H](CO[C@@H]2O[C@H](CO)[C@@H](OP(=O)(O)O)[C@H](OC(=O)C[C@H](CCCCCCCCCCC)OC(=O)CCCCCCCCCCCCC)[C@H]2NC(=O)C[C@H](CCCCCCCCCCC)OC(=O)CCCCCCCCCCC)O[C@@H]1O. The molecule has 136 heavy (non-hydrogen) atoms. The quantitative estimate of drug-likeness (QED) is 0.0121. The lowest BCUT2D eigenvalue weighted by molar-refractivity contribution is -0.298. The second kappa shape index (κ2) is 88.8. The van der Waals surface area contributed by atoms with Gasteiger partial charge in [-0.15, -0.1) is 0 Å². The smallest absolute Gasteiger partial charge is 0.462 e. The molecule has 0 bridgehead atoms. The van der Waals surface area contributed by atoms with Crippen molar-refractivity contribution in [3.63, 3.8) is 0 Å². The van der Waals surface area contributed by atoms with Gasteiger partial charge in [-0.1, -0.05) is 453 Å². The molecule has 26 heteroatoms. The van der Waals surface area contributed by atoms with Gasteiger partial charge in [-0.25, -0.2) is 4.57 Å². The van der Waals surface area contributed by atoms with Gasteiger partial charge in [0, 0.05) is 19.3 Å². The maximum absolute atomic E-state index is 15.3. The van der Waals surface area contributed by atoms with Crippen LogP contribution in [0.4, 0.5) is 0 Å². The van der Waals surface area contributed by atoms with Gasteiger partial charge in [0.15, 0.2) is 24.8 Å². The average Bonchev–Trinajstić information content (AvgIpc) is 0.775. The molecule has 0 saturated carbocycles. The number of aliphatic hydroxyl groups excluding tert-OH is 4. The maximum Gasteiger partial charge on any atom is 0.470 e. The van der Waals surface area contributed by atoms with Crippen LogP contribution in [0.25, 0.3) is 0 Å². The van der Waals surface area contributed by atoms with E-state index in [0.29, 0.717) is 57.8 Å². The fourth-order valence-corrected chi connectivity index (χ4v) is 19.6. The summed E-state index contributed by atoms with van der Waals surface area (Å²) in [6, 6.07) is -3.53. The van der Waals surface area contributed by atoms with E-state index in [1.165, 1.54) is 141 Å². The van der Waals surface area contributed by atoms with Crippen LogP contribution in [0.15, 0.2) is 0 Å². The zero-order chi connectivity index (χ0) is 99.4. The molecule has 0 unspecified atom stereocenters. The fourth-order valence-electron chi connectivity index (χ4n) is 19.0. The normalized spacial score (nSPS) is 19.4. The molecule has 2 aliphatic heterocycles. The van der Waals surface area contributed by atoms with Crippen LogP contribution >= 0.6 is 7.82 Å². The van der Waals surface area contributed by atoms with Crippen LogP contribution in [0, 0.1) is 0 Å². The molecular formula is C110H207N2O23P. The van der Waals surface area contributed by atoms with Gasteiger partial charge < -0.3 is 78.7 Å². The summed E-state index contributed by atoms with van der Waals surface area (Å²) < 4.78 is 68.8. The zero-order valence-corrected chi connectivity index (χ0v) is 88.5. The largest absolute Gasteiger partial charge is 0.470 e. The molecule has 0 aromatic carbocycles. The van der Waals surface area contributed by atoms with Crippen molar-refractivity contribution in [2.24, 2.45) is 0 Å². The highest BCUT2D eigenvalue weighted by Crippen LogP contribution is 2.43. The van der Waals surface area contributed by atoms with Gasteiger partial charge in [-0.05, 0) is 64.2 Å². The third kappa shape index (κ3) is 70.7.